The number of carbonyl (C=O) groups is 2. The standard InChI is InChI=1S/C25H20ClF2N3O3S2/c26-17-6-11-21-20(12-17)30-25(31(21)13-16-4-2-1-3-5-16)35-15-23(33)34-14-22(32)29-18-7-9-19(10-8-18)36-24(27)28/h1-12,24H,13-15H2,(H,29,32). The van der Waals surface area contributed by atoms with E-state index in [1.807, 2.05) is 41.0 Å². The van der Waals surface area contributed by atoms with Gasteiger partial charge in [0.15, 0.2) is 11.8 Å². The molecular weight excluding hydrogens is 528 g/mol. The van der Waals surface area contributed by atoms with E-state index in [4.69, 9.17) is 16.3 Å². The van der Waals surface area contributed by atoms with Crippen molar-refractivity contribution in [3.05, 3.63) is 83.4 Å². The van der Waals surface area contributed by atoms with Crippen LogP contribution >= 0.6 is 35.1 Å². The van der Waals surface area contributed by atoms with Crippen LogP contribution in [-0.2, 0) is 20.9 Å². The molecule has 6 nitrogen and oxygen atoms in total. The van der Waals surface area contributed by atoms with E-state index in [-0.39, 0.29) is 5.75 Å². The summed E-state index contributed by atoms with van der Waals surface area (Å²) in [4.78, 5) is 29.4. The molecule has 4 rings (SSSR count). The van der Waals surface area contributed by atoms with Crippen molar-refractivity contribution in [1.82, 2.24) is 9.55 Å². The maximum atomic E-state index is 12.4. The van der Waals surface area contributed by atoms with Crippen LogP contribution < -0.4 is 5.32 Å². The molecule has 3 aromatic carbocycles. The lowest BCUT2D eigenvalue weighted by Crippen LogP contribution is -2.21. The molecule has 1 aromatic heterocycles. The van der Waals surface area contributed by atoms with Crippen molar-refractivity contribution < 1.29 is 23.1 Å². The van der Waals surface area contributed by atoms with Crippen LogP contribution in [-0.4, -0.2) is 39.5 Å². The first-order valence-corrected chi connectivity index (χ1v) is 12.9. The molecule has 0 aliphatic heterocycles. The van der Waals surface area contributed by atoms with Gasteiger partial charge in [0.1, 0.15) is 0 Å². The van der Waals surface area contributed by atoms with E-state index in [1.165, 1.54) is 36.0 Å². The van der Waals surface area contributed by atoms with Crippen LogP contribution in [0.25, 0.3) is 11.0 Å². The van der Waals surface area contributed by atoms with Gasteiger partial charge >= 0.3 is 5.97 Å². The van der Waals surface area contributed by atoms with Gasteiger partial charge in [-0.15, -0.1) is 0 Å². The average Bonchev–Trinajstić information content (AvgIpc) is 3.19. The highest BCUT2D eigenvalue weighted by Gasteiger charge is 2.15. The van der Waals surface area contributed by atoms with Crippen LogP contribution in [0, 0.1) is 0 Å². The molecule has 11 heteroatoms. The number of thioether (sulfide) groups is 2. The van der Waals surface area contributed by atoms with E-state index >= 15 is 0 Å². The molecule has 1 N–H and O–H groups in total. The molecule has 0 fully saturated rings. The largest absolute Gasteiger partial charge is 0.455 e. The predicted octanol–water partition coefficient (Wildman–Crippen LogP) is 6.33. The van der Waals surface area contributed by atoms with E-state index in [0.717, 1.165) is 11.1 Å². The number of hydrogen-bond acceptors (Lipinski definition) is 6. The zero-order valence-corrected chi connectivity index (χ0v) is 21.1. The summed E-state index contributed by atoms with van der Waals surface area (Å²) < 4.78 is 31.9. The molecule has 0 unspecified atom stereocenters. The molecule has 1 heterocycles. The number of hydrogen-bond donors (Lipinski definition) is 1. The predicted molar refractivity (Wildman–Crippen MR) is 139 cm³/mol. The Balaban J connectivity index is 1.33. The lowest BCUT2D eigenvalue weighted by molar-refractivity contribution is -0.144. The Bertz CT molecular complexity index is 1350. The summed E-state index contributed by atoms with van der Waals surface area (Å²) in [6.07, 6.45) is 0. The number of imidazole rings is 1. The highest BCUT2D eigenvalue weighted by molar-refractivity contribution is 8.00. The highest BCUT2D eigenvalue weighted by atomic mass is 35.5. The Labute approximate surface area is 219 Å². The van der Waals surface area contributed by atoms with Crippen molar-refractivity contribution >= 4 is 63.7 Å². The SMILES string of the molecule is O=C(COC(=O)CSc1nc2cc(Cl)ccc2n1Cc1ccccc1)Nc1ccc(SC(F)F)cc1. The molecule has 0 aliphatic carbocycles. The zero-order valence-electron chi connectivity index (χ0n) is 18.7. The fourth-order valence-electron chi connectivity index (χ4n) is 3.34. The number of aromatic nitrogens is 2. The van der Waals surface area contributed by atoms with Crippen LogP contribution in [0.1, 0.15) is 5.56 Å². The van der Waals surface area contributed by atoms with E-state index < -0.39 is 24.2 Å². The molecule has 0 atom stereocenters. The van der Waals surface area contributed by atoms with Crippen LogP contribution in [0.3, 0.4) is 0 Å². The number of esters is 1. The smallest absolute Gasteiger partial charge is 0.316 e. The van der Waals surface area contributed by atoms with Gasteiger partial charge in [0.25, 0.3) is 11.7 Å². The minimum absolute atomic E-state index is 0.0430. The molecule has 0 radical (unpaired) electrons. The first-order valence-electron chi connectivity index (χ1n) is 10.7. The minimum atomic E-state index is -2.52. The van der Waals surface area contributed by atoms with Crippen molar-refractivity contribution in [2.75, 3.05) is 17.7 Å². The van der Waals surface area contributed by atoms with Gasteiger partial charge in [-0.2, -0.15) is 8.78 Å². The molecule has 36 heavy (non-hydrogen) atoms. The second-order valence-electron chi connectivity index (χ2n) is 7.50. The van der Waals surface area contributed by atoms with Gasteiger partial charge in [0.05, 0.1) is 23.3 Å². The monoisotopic (exact) mass is 547 g/mol. The van der Waals surface area contributed by atoms with Crippen LogP contribution in [0.2, 0.25) is 5.02 Å². The topological polar surface area (TPSA) is 73.2 Å². The van der Waals surface area contributed by atoms with E-state index in [2.05, 4.69) is 10.3 Å². The number of rotatable bonds is 10. The Morgan fingerprint density at radius 3 is 2.53 bits per heavy atom. The number of carbonyl (C=O) groups excluding carboxylic acids is 2. The molecule has 0 bridgehead atoms. The number of halogens is 3. The van der Waals surface area contributed by atoms with E-state index in [1.54, 1.807) is 12.1 Å². The van der Waals surface area contributed by atoms with Crippen molar-refractivity contribution in [2.24, 2.45) is 0 Å². The summed E-state index contributed by atoms with van der Waals surface area (Å²) in [5.41, 5.74) is 3.09. The van der Waals surface area contributed by atoms with Gasteiger partial charge in [-0.3, -0.25) is 9.59 Å². The summed E-state index contributed by atoms with van der Waals surface area (Å²) >= 11 is 7.75. The summed E-state index contributed by atoms with van der Waals surface area (Å²) in [5, 5.41) is 3.75. The van der Waals surface area contributed by atoms with Crippen LogP contribution in [0.15, 0.2) is 82.8 Å². The summed E-state index contributed by atoms with van der Waals surface area (Å²) in [6.45, 7) is 0.0936. The number of nitrogens with one attached hydrogen (secondary N) is 1. The van der Waals surface area contributed by atoms with Crippen molar-refractivity contribution in [1.29, 1.82) is 0 Å². The third-order valence-corrected chi connectivity index (χ3v) is 6.81. The van der Waals surface area contributed by atoms with Gasteiger partial charge in [-0.25, -0.2) is 4.98 Å². The van der Waals surface area contributed by atoms with Crippen molar-refractivity contribution in [2.45, 2.75) is 22.4 Å². The van der Waals surface area contributed by atoms with Crippen LogP contribution in [0.5, 0.6) is 0 Å². The maximum absolute atomic E-state index is 12.4. The van der Waals surface area contributed by atoms with Gasteiger partial charge < -0.3 is 14.6 Å². The second-order valence-corrected chi connectivity index (χ2v) is 9.94. The number of benzene rings is 3. The fourth-order valence-corrected chi connectivity index (χ4v) is 4.81. The molecule has 4 aromatic rings. The van der Waals surface area contributed by atoms with Gasteiger partial charge in [-0.1, -0.05) is 65.5 Å². The second kappa shape index (κ2) is 12.2. The molecule has 0 saturated heterocycles. The number of anilines is 1. The van der Waals surface area contributed by atoms with Gasteiger partial charge in [-0.05, 0) is 48.0 Å². The molecule has 1 amide bonds. The minimum Gasteiger partial charge on any atom is -0.455 e. The summed E-state index contributed by atoms with van der Waals surface area (Å²) in [5.74, 6) is -3.67. The van der Waals surface area contributed by atoms with E-state index in [9.17, 15) is 18.4 Å². The molecule has 0 saturated carbocycles. The third kappa shape index (κ3) is 7.22. The molecule has 0 spiro atoms. The molecule has 0 aliphatic rings. The average molecular weight is 548 g/mol. The number of amides is 1. The van der Waals surface area contributed by atoms with Crippen molar-refractivity contribution in [3.63, 3.8) is 0 Å². The number of fused-ring (bicyclic) bond motifs is 1. The first kappa shape index (κ1) is 26.0. The molecular formula is C25H20ClF2N3O3S2. The Morgan fingerprint density at radius 1 is 1.06 bits per heavy atom. The highest BCUT2D eigenvalue weighted by Crippen LogP contribution is 2.28. The lowest BCUT2D eigenvalue weighted by atomic mass is 10.2. The normalized spacial score (nSPS) is 11.1. The third-order valence-electron chi connectivity index (χ3n) is 4.91. The molecule has 186 valence electrons. The van der Waals surface area contributed by atoms with Gasteiger partial charge in [0.2, 0.25) is 0 Å². The Morgan fingerprint density at radius 2 is 1.81 bits per heavy atom. The van der Waals surface area contributed by atoms with E-state index in [0.29, 0.717) is 44.6 Å². The quantitative estimate of drug-likeness (QED) is 0.185. The number of nitrogens with zero attached hydrogens (tertiary/aromatic N) is 2. The lowest BCUT2D eigenvalue weighted by Gasteiger charge is -2.10. The summed E-state index contributed by atoms with van der Waals surface area (Å²) in [6, 6.07) is 21.3. The number of alkyl halides is 2. The van der Waals surface area contributed by atoms with Crippen LogP contribution in [0.4, 0.5) is 14.5 Å². The summed E-state index contributed by atoms with van der Waals surface area (Å²) in [7, 11) is 0. The number of ether oxygens (including phenoxy) is 1. The van der Waals surface area contributed by atoms with Gasteiger partial charge in [0, 0.05) is 15.6 Å². The Kier molecular flexibility index (Phi) is 8.84. The zero-order chi connectivity index (χ0) is 25.5. The van der Waals surface area contributed by atoms with Crippen molar-refractivity contribution in [3.8, 4) is 0 Å². The maximum Gasteiger partial charge on any atom is 0.316 e. The fraction of sp³-hybridized carbons (Fsp3) is 0.160. The first-order chi connectivity index (χ1) is 17.4. The Hall–Kier alpha value is -3.08.